The highest BCUT2D eigenvalue weighted by Gasteiger charge is 2.21. The van der Waals surface area contributed by atoms with Crippen molar-refractivity contribution in [1.29, 1.82) is 0 Å². The highest BCUT2D eigenvalue weighted by molar-refractivity contribution is 5.72. The molecule has 0 spiro atoms. The van der Waals surface area contributed by atoms with E-state index in [2.05, 4.69) is 9.47 Å². The largest absolute Gasteiger partial charge is 0.461 e. The van der Waals surface area contributed by atoms with Crippen LogP contribution in [0.2, 0.25) is 0 Å². The van der Waals surface area contributed by atoms with Crippen molar-refractivity contribution in [3.05, 3.63) is 69.8 Å². The molecule has 0 aromatic heterocycles. The van der Waals surface area contributed by atoms with Crippen LogP contribution < -0.4 is 0 Å². The normalized spacial score (nSPS) is 10.8. The SMILES string of the molecule is O=C(CCCC(=O)OCc1cc(F)c(F)c(F)c1F)OCc1cc(F)c(F)c(F)c1F. The van der Waals surface area contributed by atoms with Crippen LogP contribution in [-0.4, -0.2) is 11.9 Å². The van der Waals surface area contributed by atoms with E-state index in [4.69, 9.17) is 0 Å². The second-order valence-electron chi connectivity index (χ2n) is 6.09. The van der Waals surface area contributed by atoms with Gasteiger partial charge in [0.2, 0.25) is 0 Å². The molecule has 2 rings (SSSR count). The number of ether oxygens (including phenoxy) is 2. The van der Waals surface area contributed by atoms with Crippen LogP contribution in [-0.2, 0) is 32.3 Å². The highest BCUT2D eigenvalue weighted by atomic mass is 19.2. The van der Waals surface area contributed by atoms with Crippen LogP contribution in [0.25, 0.3) is 0 Å². The highest BCUT2D eigenvalue weighted by Crippen LogP contribution is 2.21. The third kappa shape index (κ3) is 5.92. The van der Waals surface area contributed by atoms with Crippen LogP contribution in [0.3, 0.4) is 0 Å². The Morgan fingerprint density at radius 1 is 0.581 bits per heavy atom. The Labute approximate surface area is 169 Å². The van der Waals surface area contributed by atoms with E-state index >= 15 is 0 Å². The standard InChI is InChI=1S/C19H12F8O4/c20-10-4-8(14(22)18(26)16(10)24)6-30-12(28)2-1-3-13(29)31-7-9-5-11(21)17(25)19(27)15(9)23/h4-5H,1-3,6-7H2. The lowest BCUT2D eigenvalue weighted by molar-refractivity contribution is -0.146. The van der Waals surface area contributed by atoms with Crippen LogP contribution in [0.1, 0.15) is 30.4 Å². The van der Waals surface area contributed by atoms with Crippen LogP contribution in [0, 0.1) is 46.5 Å². The fraction of sp³-hybridized carbons (Fsp3) is 0.263. The Morgan fingerprint density at radius 2 is 0.935 bits per heavy atom. The average molecular weight is 456 g/mol. The summed E-state index contributed by atoms with van der Waals surface area (Å²) in [4.78, 5) is 23.1. The third-order valence-corrected chi connectivity index (χ3v) is 3.90. The van der Waals surface area contributed by atoms with Crippen molar-refractivity contribution in [2.24, 2.45) is 0 Å². The summed E-state index contributed by atoms with van der Waals surface area (Å²) in [7, 11) is 0. The molecule has 0 radical (unpaired) electrons. The molecule has 0 bridgehead atoms. The van der Waals surface area contributed by atoms with Gasteiger partial charge in [0.25, 0.3) is 0 Å². The summed E-state index contributed by atoms with van der Waals surface area (Å²) in [5, 5.41) is 0. The monoisotopic (exact) mass is 456 g/mol. The predicted molar refractivity (Wildman–Crippen MR) is 86.0 cm³/mol. The fourth-order valence-electron chi connectivity index (χ4n) is 2.29. The third-order valence-electron chi connectivity index (χ3n) is 3.90. The molecule has 0 amide bonds. The summed E-state index contributed by atoms with van der Waals surface area (Å²) in [6.07, 6.45) is -1.02. The summed E-state index contributed by atoms with van der Waals surface area (Å²) in [6, 6.07) is 0.636. The molecule has 0 saturated carbocycles. The second kappa shape index (κ2) is 10.2. The molecule has 0 unspecified atom stereocenters. The zero-order valence-electron chi connectivity index (χ0n) is 15.3. The maximum absolute atomic E-state index is 13.4. The molecular weight excluding hydrogens is 444 g/mol. The predicted octanol–water partition coefficient (Wildman–Crippen LogP) is 4.76. The first-order valence-corrected chi connectivity index (χ1v) is 8.47. The molecule has 0 aliphatic carbocycles. The van der Waals surface area contributed by atoms with Gasteiger partial charge in [-0.05, 0) is 18.6 Å². The number of rotatable bonds is 8. The second-order valence-corrected chi connectivity index (χ2v) is 6.09. The van der Waals surface area contributed by atoms with Gasteiger partial charge in [0.15, 0.2) is 46.5 Å². The van der Waals surface area contributed by atoms with Gasteiger partial charge in [-0.3, -0.25) is 9.59 Å². The molecule has 0 aliphatic rings. The molecule has 31 heavy (non-hydrogen) atoms. The van der Waals surface area contributed by atoms with Crippen LogP contribution >= 0.6 is 0 Å². The molecule has 2 aromatic rings. The van der Waals surface area contributed by atoms with Crippen molar-refractivity contribution in [1.82, 2.24) is 0 Å². The number of hydrogen-bond acceptors (Lipinski definition) is 4. The summed E-state index contributed by atoms with van der Waals surface area (Å²) >= 11 is 0. The molecular formula is C19H12F8O4. The summed E-state index contributed by atoms with van der Waals surface area (Å²) in [5.74, 6) is -17.0. The maximum Gasteiger partial charge on any atom is 0.306 e. The molecule has 0 atom stereocenters. The van der Waals surface area contributed by atoms with Gasteiger partial charge in [-0.15, -0.1) is 0 Å². The molecule has 0 aliphatic heterocycles. The molecule has 12 heteroatoms. The van der Waals surface area contributed by atoms with Crippen LogP contribution in [0.5, 0.6) is 0 Å². The molecule has 0 saturated heterocycles. The minimum Gasteiger partial charge on any atom is -0.461 e. The van der Waals surface area contributed by atoms with E-state index in [-0.39, 0.29) is 6.42 Å². The van der Waals surface area contributed by atoms with Crippen molar-refractivity contribution in [2.45, 2.75) is 32.5 Å². The zero-order chi connectivity index (χ0) is 23.3. The van der Waals surface area contributed by atoms with Crippen molar-refractivity contribution >= 4 is 11.9 Å². The first kappa shape index (κ1) is 24.1. The van der Waals surface area contributed by atoms with Gasteiger partial charge in [-0.25, -0.2) is 35.1 Å². The molecule has 0 fully saturated rings. The first-order chi connectivity index (χ1) is 14.5. The number of benzene rings is 2. The Kier molecular flexibility index (Phi) is 7.95. The van der Waals surface area contributed by atoms with Gasteiger partial charge in [-0.2, -0.15) is 0 Å². The first-order valence-electron chi connectivity index (χ1n) is 8.47. The van der Waals surface area contributed by atoms with Gasteiger partial charge in [0.1, 0.15) is 13.2 Å². The van der Waals surface area contributed by atoms with Gasteiger partial charge in [0.05, 0.1) is 0 Å². The van der Waals surface area contributed by atoms with E-state index in [1.54, 1.807) is 0 Å². The molecule has 168 valence electrons. The summed E-state index contributed by atoms with van der Waals surface area (Å²) in [6.45, 7) is -1.80. The number of esters is 2. The van der Waals surface area contributed by atoms with Gasteiger partial charge in [-0.1, -0.05) is 0 Å². The van der Waals surface area contributed by atoms with Crippen molar-refractivity contribution in [2.75, 3.05) is 0 Å². The van der Waals surface area contributed by atoms with E-state index in [9.17, 15) is 44.7 Å². The smallest absolute Gasteiger partial charge is 0.306 e. The van der Waals surface area contributed by atoms with Gasteiger partial charge >= 0.3 is 11.9 Å². The quantitative estimate of drug-likeness (QED) is 0.249. The summed E-state index contributed by atoms with van der Waals surface area (Å²) < 4.78 is 114. The molecule has 4 nitrogen and oxygen atoms in total. The Bertz CT molecular complexity index is 930. The van der Waals surface area contributed by atoms with E-state index in [0.29, 0.717) is 12.1 Å². The Hall–Kier alpha value is -3.18. The van der Waals surface area contributed by atoms with Crippen molar-refractivity contribution < 1.29 is 54.2 Å². The lowest BCUT2D eigenvalue weighted by atomic mass is 10.2. The van der Waals surface area contributed by atoms with Gasteiger partial charge < -0.3 is 9.47 Å². The number of carbonyl (C=O) groups excluding carboxylic acids is 2. The summed E-state index contributed by atoms with van der Waals surface area (Å²) in [5.41, 5.74) is -1.49. The molecule has 0 heterocycles. The number of hydrogen-bond donors (Lipinski definition) is 0. The minimum atomic E-state index is -2.06. The van der Waals surface area contributed by atoms with E-state index in [1.807, 2.05) is 0 Å². The lowest BCUT2D eigenvalue weighted by Crippen LogP contribution is -2.10. The van der Waals surface area contributed by atoms with Crippen molar-refractivity contribution in [3.63, 3.8) is 0 Å². The Morgan fingerprint density at radius 3 is 1.29 bits per heavy atom. The number of halogens is 8. The van der Waals surface area contributed by atoms with Crippen LogP contribution in [0.15, 0.2) is 12.1 Å². The molecule has 2 aromatic carbocycles. The zero-order valence-corrected chi connectivity index (χ0v) is 15.3. The fourth-order valence-corrected chi connectivity index (χ4v) is 2.29. The Balaban J connectivity index is 1.77. The van der Waals surface area contributed by atoms with Crippen molar-refractivity contribution in [3.8, 4) is 0 Å². The van der Waals surface area contributed by atoms with E-state index in [0.717, 1.165) is 0 Å². The lowest BCUT2D eigenvalue weighted by Gasteiger charge is -2.08. The maximum atomic E-state index is 13.4. The molecule has 0 N–H and O–H groups in total. The van der Waals surface area contributed by atoms with Gasteiger partial charge in [0, 0.05) is 24.0 Å². The minimum absolute atomic E-state index is 0.180. The number of carbonyl (C=O) groups is 2. The van der Waals surface area contributed by atoms with E-state index < -0.39 is 95.7 Å². The van der Waals surface area contributed by atoms with Crippen LogP contribution in [0.4, 0.5) is 35.1 Å². The average Bonchev–Trinajstić information content (AvgIpc) is 2.73. The topological polar surface area (TPSA) is 52.6 Å². The van der Waals surface area contributed by atoms with E-state index in [1.165, 1.54) is 0 Å².